The van der Waals surface area contributed by atoms with Crippen LogP contribution in [0.15, 0.2) is 36.5 Å². The van der Waals surface area contributed by atoms with Gasteiger partial charge < -0.3 is 35.2 Å². The van der Waals surface area contributed by atoms with E-state index in [1.165, 1.54) is 186 Å². The average Bonchev–Trinajstić information content (AvgIpc) is 3.33. The summed E-state index contributed by atoms with van der Waals surface area (Å²) in [6.45, 7) is 3.42. The third kappa shape index (κ3) is 38.9. The third-order valence-electron chi connectivity index (χ3n) is 13.7. The van der Waals surface area contributed by atoms with Gasteiger partial charge in [-0.05, 0) is 51.4 Å². The van der Waals surface area contributed by atoms with Crippen molar-refractivity contribution < 1.29 is 51.8 Å². The Labute approximate surface area is 428 Å². The van der Waals surface area contributed by atoms with Gasteiger partial charge in [-0.1, -0.05) is 243 Å². The first-order chi connectivity index (χ1) is 34.0. The van der Waals surface area contributed by atoms with E-state index >= 15 is 0 Å². The predicted octanol–water partition coefficient (Wildman–Crippen LogP) is 13.4. The summed E-state index contributed by atoms with van der Waals surface area (Å²) in [4.78, 5) is 13.1. The second-order valence-electron chi connectivity index (χ2n) is 20.2. The summed E-state index contributed by atoms with van der Waals surface area (Å²) in [6, 6.07) is -0.947. The van der Waals surface area contributed by atoms with Gasteiger partial charge >= 0.3 is 10.4 Å². The highest BCUT2D eigenvalue weighted by Crippen LogP contribution is 2.26. The third-order valence-corrected chi connectivity index (χ3v) is 14.1. The molecule has 0 bridgehead atoms. The molecule has 0 radical (unpaired) electrons. The standard InChI is InChI=1S/C57H107NO11S/c1-3-5-7-9-11-13-15-17-19-21-23-24-25-26-27-28-29-31-33-35-37-39-41-43-45-47-53(61)58-50(49-67-57-55(63)56(69-70(64,65)66)54(62)52(48-59)68-57)51(60)46-44-42-40-38-36-34-32-30-22-20-18-16-14-12-10-8-6-4-2/h23-24,26-27,44,46,50-52,54-57,59-60,62-63H,3-22,25,28-43,45,47-49H2,1-2H3,(H,58,61)(H,64,65,66)/b24-23-,27-26-,46-44+. The Morgan fingerprint density at radius 1 is 0.571 bits per heavy atom. The topological polar surface area (TPSA) is 192 Å². The van der Waals surface area contributed by atoms with E-state index in [9.17, 15) is 38.2 Å². The van der Waals surface area contributed by atoms with Gasteiger partial charge in [-0.3, -0.25) is 9.35 Å². The summed E-state index contributed by atoms with van der Waals surface area (Å²) < 4.78 is 47.8. The van der Waals surface area contributed by atoms with Crippen molar-refractivity contribution >= 4 is 16.3 Å². The number of hydrogen-bond acceptors (Lipinski definition) is 10. The number of hydrogen-bond donors (Lipinski definition) is 6. The maximum absolute atomic E-state index is 13.1. The molecule has 70 heavy (non-hydrogen) atoms. The van der Waals surface area contributed by atoms with Gasteiger partial charge in [0.2, 0.25) is 5.91 Å². The molecule has 1 rings (SSSR count). The Bertz CT molecular complexity index is 1380. The van der Waals surface area contributed by atoms with Gasteiger partial charge in [0.15, 0.2) is 6.29 Å². The first-order valence-electron chi connectivity index (χ1n) is 28.9. The SMILES string of the molecule is CCCCCCCCCCC/C=C\C/C=C\CCCCCCCCCCCC(=O)NC(COC1OC(CO)C(O)C(OS(=O)(=O)O)C1O)C(O)/C=C/CCCCCCCCCCCCCCCCCC. The predicted molar refractivity (Wildman–Crippen MR) is 287 cm³/mol. The first kappa shape index (κ1) is 66.3. The average molecular weight is 1010 g/mol. The molecule has 1 amide bonds. The fourth-order valence-electron chi connectivity index (χ4n) is 9.19. The molecule has 1 fully saturated rings. The van der Waals surface area contributed by atoms with Crippen LogP contribution in [0.25, 0.3) is 0 Å². The van der Waals surface area contributed by atoms with E-state index in [1.54, 1.807) is 6.08 Å². The number of aliphatic hydroxyl groups is 4. The van der Waals surface area contributed by atoms with Crippen molar-refractivity contribution in [1.29, 1.82) is 0 Å². The highest BCUT2D eigenvalue weighted by molar-refractivity contribution is 7.80. The molecule has 13 heteroatoms. The van der Waals surface area contributed by atoms with Crippen LogP contribution < -0.4 is 5.32 Å². The highest BCUT2D eigenvalue weighted by Gasteiger charge is 2.48. The maximum atomic E-state index is 13.1. The quantitative estimate of drug-likeness (QED) is 0.0193. The van der Waals surface area contributed by atoms with Crippen LogP contribution in [-0.4, -0.2) is 95.4 Å². The smallest absolute Gasteiger partial charge is 0.394 e. The molecule has 1 saturated heterocycles. The number of carbonyl (C=O) groups excluding carboxylic acids is 1. The maximum Gasteiger partial charge on any atom is 0.397 e. The van der Waals surface area contributed by atoms with Crippen molar-refractivity contribution in [3.05, 3.63) is 36.5 Å². The Morgan fingerprint density at radius 2 is 0.957 bits per heavy atom. The van der Waals surface area contributed by atoms with E-state index in [4.69, 9.17) is 9.47 Å². The van der Waals surface area contributed by atoms with Crippen LogP contribution >= 0.6 is 0 Å². The molecule has 0 saturated carbocycles. The zero-order chi connectivity index (χ0) is 51.2. The molecule has 12 nitrogen and oxygen atoms in total. The monoisotopic (exact) mass is 1010 g/mol. The summed E-state index contributed by atoms with van der Waals surface area (Å²) in [5.41, 5.74) is 0. The summed E-state index contributed by atoms with van der Waals surface area (Å²) in [5.74, 6) is -0.264. The molecule has 0 aromatic heterocycles. The van der Waals surface area contributed by atoms with E-state index in [1.807, 2.05) is 6.08 Å². The molecular formula is C57H107NO11S. The first-order valence-corrected chi connectivity index (χ1v) is 30.2. The van der Waals surface area contributed by atoms with Crippen molar-refractivity contribution in [3.63, 3.8) is 0 Å². The molecule has 6 N–H and O–H groups in total. The van der Waals surface area contributed by atoms with Gasteiger partial charge in [0.25, 0.3) is 0 Å². The number of nitrogens with one attached hydrogen (secondary N) is 1. The summed E-state index contributed by atoms with van der Waals surface area (Å²) >= 11 is 0. The van der Waals surface area contributed by atoms with Crippen LogP contribution in [-0.2, 0) is 28.9 Å². The minimum atomic E-state index is -5.09. The lowest BCUT2D eigenvalue weighted by Crippen LogP contribution is -2.61. The second kappa shape index (κ2) is 47.1. The fourth-order valence-corrected chi connectivity index (χ4v) is 9.70. The molecule has 412 valence electrons. The summed E-state index contributed by atoms with van der Waals surface area (Å²) in [7, 11) is -5.09. The van der Waals surface area contributed by atoms with Crippen molar-refractivity contribution in [2.45, 2.75) is 307 Å². The largest absolute Gasteiger partial charge is 0.397 e. The molecule has 0 aliphatic carbocycles. The Balaban J connectivity index is 2.38. The van der Waals surface area contributed by atoms with Crippen LogP contribution in [0.2, 0.25) is 0 Å². The van der Waals surface area contributed by atoms with E-state index in [0.29, 0.717) is 6.42 Å². The van der Waals surface area contributed by atoms with Gasteiger partial charge in [0.05, 0.1) is 25.4 Å². The lowest BCUT2D eigenvalue weighted by molar-refractivity contribution is -0.298. The van der Waals surface area contributed by atoms with Crippen LogP contribution in [0.5, 0.6) is 0 Å². The van der Waals surface area contributed by atoms with E-state index in [0.717, 1.165) is 51.4 Å². The molecule has 0 aromatic rings. The van der Waals surface area contributed by atoms with Crippen molar-refractivity contribution in [1.82, 2.24) is 5.32 Å². The normalized spacial score (nSPS) is 19.8. The zero-order valence-electron chi connectivity index (χ0n) is 44.6. The van der Waals surface area contributed by atoms with Crippen molar-refractivity contribution in [2.24, 2.45) is 0 Å². The molecule has 0 spiro atoms. The molecule has 1 aliphatic heterocycles. The summed E-state index contributed by atoms with van der Waals surface area (Å²) in [5, 5.41) is 45.0. The lowest BCUT2D eigenvalue weighted by Gasteiger charge is -2.41. The van der Waals surface area contributed by atoms with Crippen LogP contribution in [0, 0.1) is 0 Å². The van der Waals surface area contributed by atoms with Crippen LogP contribution in [0.4, 0.5) is 0 Å². The van der Waals surface area contributed by atoms with Crippen LogP contribution in [0.1, 0.15) is 264 Å². The van der Waals surface area contributed by atoms with Crippen molar-refractivity contribution in [2.75, 3.05) is 13.2 Å². The zero-order valence-corrected chi connectivity index (χ0v) is 45.4. The highest BCUT2D eigenvalue weighted by atomic mass is 32.3. The number of amides is 1. The molecule has 1 heterocycles. The number of allylic oxidation sites excluding steroid dienone is 5. The van der Waals surface area contributed by atoms with Gasteiger partial charge in [0.1, 0.15) is 24.4 Å². The number of unbranched alkanes of at least 4 members (excludes halogenated alkanes) is 34. The van der Waals surface area contributed by atoms with Gasteiger partial charge in [0, 0.05) is 6.42 Å². The molecule has 7 unspecified atom stereocenters. The molecular weight excluding hydrogens is 907 g/mol. The Hall–Kier alpha value is -1.68. The van der Waals surface area contributed by atoms with E-state index in [-0.39, 0.29) is 18.9 Å². The molecule has 1 aliphatic rings. The van der Waals surface area contributed by atoms with E-state index in [2.05, 4.69) is 47.7 Å². The van der Waals surface area contributed by atoms with Gasteiger partial charge in [-0.15, -0.1) is 0 Å². The Morgan fingerprint density at radius 3 is 1.36 bits per heavy atom. The molecule has 7 atom stereocenters. The second-order valence-corrected chi connectivity index (χ2v) is 21.3. The number of carbonyl (C=O) groups is 1. The van der Waals surface area contributed by atoms with Gasteiger partial charge in [-0.2, -0.15) is 8.42 Å². The van der Waals surface area contributed by atoms with Crippen molar-refractivity contribution in [3.8, 4) is 0 Å². The Kier molecular flexibility index (Phi) is 44.6. The number of aliphatic hydroxyl groups excluding tert-OH is 4. The number of rotatable bonds is 50. The van der Waals surface area contributed by atoms with Gasteiger partial charge in [-0.25, -0.2) is 4.18 Å². The minimum absolute atomic E-state index is 0.264. The molecule has 0 aromatic carbocycles. The lowest BCUT2D eigenvalue weighted by atomic mass is 9.99. The van der Waals surface area contributed by atoms with Crippen LogP contribution in [0.3, 0.4) is 0 Å². The number of ether oxygens (including phenoxy) is 2. The minimum Gasteiger partial charge on any atom is -0.394 e. The fraction of sp³-hybridized carbons (Fsp3) is 0.877. The van der Waals surface area contributed by atoms with E-state index < -0.39 is 59.9 Å². The summed E-state index contributed by atoms with van der Waals surface area (Å²) in [6.07, 6.45) is 50.4.